The van der Waals surface area contributed by atoms with Crippen molar-refractivity contribution in [3.63, 3.8) is 0 Å². The molecule has 0 aromatic heterocycles. The second kappa shape index (κ2) is 7.73. The van der Waals surface area contributed by atoms with Crippen LogP contribution in [0.25, 0.3) is 0 Å². The van der Waals surface area contributed by atoms with Gasteiger partial charge in [-0.2, -0.15) is 4.31 Å². The first-order chi connectivity index (χ1) is 13.5. The number of hydrogen-bond donors (Lipinski definition) is 0. The Hall–Kier alpha value is -2.09. The number of likely N-dealkylation sites (N-methyl/N-ethyl adjacent to an activating group) is 1. The average molecular weight is 403 g/mol. The highest BCUT2D eigenvalue weighted by molar-refractivity contribution is 7.89. The molecule has 0 bridgehead atoms. The van der Waals surface area contributed by atoms with Crippen LogP contribution < -0.4 is 9.47 Å². The summed E-state index contributed by atoms with van der Waals surface area (Å²) >= 11 is 0. The third-order valence-corrected chi connectivity index (χ3v) is 7.64. The molecule has 2 aliphatic rings. The van der Waals surface area contributed by atoms with E-state index >= 15 is 0 Å². The van der Waals surface area contributed by atoms with E-state index in [1.54, 1.807) is 32.4 Å². The number of methoxy groups -OCH3 is 1. The van der Waals surface area contributed by atoms with Crippen LogP contribution in [0.1, 0.15) is 18.4 Å². The van der Waals surface area contributed by atoms with Crippen molar-refractivity contribution >= 4 is 10.0 Å². The summed E-state index contributed by atoms with van der Waals surface area (Å²) in [5, 5.41) is 0. The molecule has 2 atom stereocenters. The number of rotatable bonds is 3. The van der Waals surface area contributed by atoms with E-state index in [2.05, 4.69) is 17.0 Å². The van der Waals surface area contributed by atoms with E-state index in [9.17, 15) is 8.42 Å². The predicted molar refractivity (Wildman–Crippen MR) is 107 cm³/mol. The molecule has 6 nitrogen and oxygen atoms in total. The van der Waals surface area contributed by atoms with Gasteiger partial charge in [-0.15, -0.1) is 0 Å². The van der Waals surface area contributed by atoms with Gasteiger partial charge in [0.15, 0.2) is 0 Å². The first-order valence-electron chi connectivity index (χ1n) is 9.58. The van der Waals surface area contributed by atoms with Crippen molar-refractivity contribution in [3.05, 3.63) is 54.1 Å². The van der Waals surface area contributed by atoms with Crippen LogP contribution in [-0.4, -0.2) is 57.0 Å². The van der Waals surface area contributed by atoms with E-state index in [0.717, 1.165) is 38.2 Å². The van der Waals surface area contributed by atoms with Gasteiger partial charge in [0.1, 0.15) is 22.5 Å². The van der Waals surface area contributed by atoms with Crippen LogP contribution in [0.3, 0.4) is 0 Å². The highest BCUT2D eigenvalue weighted by atomic mass is 32.2. The van der Waals surface area contributed by atoms with Crippen LogP contribution in [0, 0.1) is 0 Å². The molecule has 7 heteroatoms. The second-order valence-electron chi connectivity index (χ2n) is 7.39. The zero-order valence-electron chi connectivity index (χ0n) is 16.2. The van der Waals surface area contributed by atoms with Crippen LogP contribution in [0.2, 0.25) is 0 Å². The van der Waals surface area contributed by atoms with E-state index in [1.807, 2.05) is 18.2 Å². The maximum absolute atomic E-state index is 13.0. The zero-order valence-corrected chi connectivity index (χ0v) is 17.1. The van der Waals surface area contributed by atoms with Crippen molar-refractivity contribution < 1.29 is 17.9 Å². The minimum atomic E-state index is -3.55. The molecule has 2 heterocycles. The van der Waals surface area contributed by atoms with Gasteiger partial charge in [0.2, 0.25) is 10.0 Å². The molecule has 0 spiro atoms. The normalized spacial score (nSPS) is 24.9. The van der Waals surface area contributed by atoms with Crippen molar-refractivity contribution in [1.82, 2.24) is 9.21 Å². The van der Waals surface area contributed by atoms with E-state index < -0.39 is 10.0 Å². The minimum absolute atomic E-state index is 0.149. The van der Waals surface area contributed by atoms with Gasteiger partial charge < -0.3 is 9.47 Å². The molecule has 2 aliphatic heterocycles. The zero-order chi connectivity index (χ0) is 19.7. The van der Waals surface area contributed by atoms with Crippen LogP contribution in [-0.2, 0) is 16.6 Å². The number of para-hydroxylation sites is 1. The highest BCUT2D eigenvalue weighted by Crippen LogP contribution is 2.35. The van der Waals surface area contributed by atoms with Gasteiger partial charge >= 0.3 is 0 Å². The summed E-state index contributed by atoms with van der Waals surface area (Å²) in [6.07, 6.45) is 1.38. The fourth-order valence-electron chi connectivity index (χ4n) is 4.07. The molecule has 0 unspecified atom stereocenters. The molecule has 150 valence electrons. The number of hydrogen-bond acceptors (Lipinski definition) is 5. The van der Waals surface area contributed by atoms with Crippen molar-refractivity contribution in [3.8, 4) is 11.5 Å². The molecule has 2 aromatic carbocycles. The molecule has 1 fully saturated rings. The molecule has 0 saturated carbocycles. The summed E-state index contributed by atoms with van der Waals surface area (Å²) in [6.45, 7) is 2.52. The summed E-state index contributed by atoms with van der Waals surface area (Å²) in [5.74, 6) is 1.31. The maximum Gasteiger partial charge on any atom is 0.246 e. The van der Waals surface area contributed by atoms with Gasteiger partial charge in [-0.3, -0.25) is 4.90 Å². The molecule has 0 radical (unpaired) electrons. The first-order valence-corrected chi connectivity index (χ1v) is 11.0. The quantitative estimate of drug-likeness (QED) is 0.790. The number of nitrogens with zero attached hydrogens (tertiary/aromatic N) is 2. The third-order valence-electron chi connectivity index (χ3n) is 5.72. The lowest BCUT2D eigenvalue weighted by molar-refractivity contribution is 0.122. The molecule has 0 N–H and O–H groups in total. The van der Waals surface area contributed by atoms with E-state index in [1.165, 1.54) is 9.87 Å². The topological polar surface area (TPSA) is 59.1 Å². The Morgan fingerprint density at radius 1 is 1.07 bits per heavy atom. The van der Waals surface area contributed by atoms with Gasteiger partial charge in [-0.05, 0) is 42.7 Å². The summed E-state index contributed by atoms with van der Waals surface area (Å²) in [6, 6.07) is 14.9. The molecule has 28 heavy (non-hydrogen) atoms. The van der Waals surface area contributed by atoms with Crippen molar-refractivity contribution in [2.45, 2.75) is 36.4 Å². The second-order valence-corrected chi connectivity index (χ2v) is 9.36. The largest absolute Gasteiger partial charge is 0.497 e. The first kappa shape index (κ1) is 19.2. The Morgan fingerprint density at radius 2 is 1.79 bits per heavy atom. The summed E-state index contributed by atoms with van der Waals surface area (Å²) in [4.78, 5) is 2.63. The number of sulfonamides is 1. The van der Waals surface area contributed by atoms with Gasteiger partial charge in [-0.1, -0.05) is 24.3 Å². The van der Waals surface area contributed by atoms with Gasteiger partial charge in [0, 0.05) is 26.7 Å². The minimum Gasteiger partial charge on any atom is -0.497 e. The fourth-order valence-corrected chi connectivity index (χ4v) is 5.60. The summed E-state index contributed by atoms with van der Waals surface area (Å²) < 4.78 is 39.0. The van der Waals surface area contributed by atoms with Crippen molar-refractivity contribution in [2.75, 3.05) is 27.2 Å². The molecular weight excluding hydrogens is 376 g/mol. The Kier molecular flexibility index (Phi) is 5.31. The van der Waals surface area contributed by atoms with Gasteiger partial charge in [0.25, 0.3) is 0 Å². The molecule has 1 saturated heterocycles. The SMILES string of the molecule is COc1ccc(CN2CC[C@@H]3Oc4ccccc4S(=O)(=O)N(C)[C@H]3CC2)cc1. The van der Waals surface area contributed by atoms with E-state index in [-0.39, 0.29) is 17.0 Å². The summed E-state index contributed by atoms with van der Waals surface area (Å²) in [5.41, 5.74) is 1.22. The monoisotopic (exact) mass is 402 g/mol. The van der Waals surface area contributed by atoms with E-state index in [4.69, 9.17) is 9.47 Å². The number of fused-ring (bicyclic) bond motifs is 2. The van der Waals surface area contributed by atoms with Gasteiger partial charge in [-0.25, -0.2) is 8.42 Å². The third kappa shape index (κ3) is 3.62. The Bertz CT molecular complexity index is 930. The summed E-state index contributed by atoms with van der Waals surface area (Å²) in [7, 11) is -0.210. The van der Waals surface area contributed by atoms with E-state index in [0.29, 0.717) is 5.75 Å². The van der Waals surface area contributed by atoms with Crippen LogP contribution >= 0.6 is 0 Å². The average Bonchev–Trinajstić information content (AvgIpc) is 2.94. The number of likely N-dealkylation sites (tertiary alicyclic amines) is 1. The Morgan fingerprint density at radius 3 is 2.54 bits per heavy atom. The number of ether oxygens (including phenoxy) is 2. The van der Waals surface area contributed by atoms with Crippen LogP contribution in [0.4, 0.5) is 0 Å². The molecule has 2 aromatic rings. The Balaban J connectivity index is 1.53. The van der Waals surface area contributed by atoms with Crippen LogP contribution in [0.5, 0.6) is 11.5 Å². The lowest BCUT2D eigenvalue weighted by Gasteiger charge is -2.28. The highest BCUT2D eigenvalue weighted by Gasteiger charge is 2.41. The smallest absolute Gasteiger partial charge is 0.246 e. The van der Waals surface area contributed by atoms with Crippen molar-refractivity contribution in [1.29, 1.82) is 0 Å². The van der Waals surface area contributed by atoms with Gasteiger partial charge in [0.05, 0.1) is 13.2 Å². The lowest BCUT2D eigenvalue weighted by Crippen LogP contribution is -2.44. The van der Waals surface area contributed by atoms with Crippen molar-refractivity contribution in [2.24, 2.45) is 0 Å². The molecular formula is C21H26N2O4S. The molecule has 4 rings (SSSR count). The maximum atomic E-state index is 13.0. The van der Waals surface area contributed by atoms with Crippen LogP contribution in [0.15, 0.2) is 53.4 Å². The molecule has 0 amide bonds. The lowest BCUT2D eigenvalue weighted by atomic mass is 10.1. The molecule has 0 aliphatic carbocycles. The predicted octanol–water partition coefficient (Wildman–Crippen LogP) is 2.74. The fraction of sp³-hybridized carbons (Fsp3) is 0.429. The number of benzene rings is 2. The Labute approximate surface area is 166 Å². The standard InChI is InChI=1S/C21H26N2O4S/c1-22-18-11-13-23(15-16-7-9-17(26-2)10-8-16)14-12-19(18)27-20-5-3-4-6-21(20)28(22,24)25/h3-10,18-19H,11-15H2,1-2H3/t18-,19-/m0/s1.